The monoisotopic (exact) mass is 227 g/mol. The number of nitrogens with two attached hydrogens (primary N) is 1. The third-order valence-electron chi connectivity index (χ3n) is 2.07. The summed E-state index contributed by atoms with van der Waals surface area (Å²) in [6.45, 7) is 2.39. The van der Waals surface area contributed by atoms with Crippen molar-refractivity contribution in [3.8, 4) is 0 Å². The van der Waals surface area contributed by atoms with Crippen molar-refractivity contribution in [3.05, 3.63) is 29.0 Å². The van der Waals surface area contributed by atoms with Crippen LogP contribution in [-0.2, 0) is 0 Å². The number of nitrogens with zero attached hydrogens (tertiary/aromatic N) is 1. The molecule has 0 aromatic carbocycles. The first-order valence-corrected chi connectivity index (χ1v) is 5.17. The molecule has 1 unspecified atom stereocenters. The maximum atomic E-state index is 11.6. The Bertz CT molecular complexity index is 322. The summed E-state index contributed by atoms with van der Waals surface area (Å²) in [6, 6.07) is 3.21. The van der Waals surface area contributed by atoms with Crippen LogP contribution < -0.4 is 11.1 Å². The molecule has 82 valence electrons. The molecule has 0 bridgehead atoms. The lowest BCUT2D eigenvalue weighted by molar-refractivity contribution is 0.0932. The third kappa shape index (κ3) is 3.49. The molecule has 4 nitrogen and oxygen atoms in total. The van der Waals surface area contributed by atoms with E-state index in [0.29, 0.717) is 17.3 Å². The second-order valence-electron chi connectivity index (χ2n) is 3.18. The molecule has 5 heteroatoms. The minimum atomic E-state index is -0.219. The van der Waals surface area contributed by atoms with Crippen LogP contribution in [0.15, 0.2) is 18.3 Å². The van der Waals surface area contributed by atoms with Crippen LogP contribution in [0.4, 0.5) is 0 Å². The lowest BCUT2D eigenvalue weighted by Crippen LogP contribution is -2.39. The van der Waals surface area contributed by atoms with Crippen LogP contribution in [0.25, 0.3) is 0 Å². The minimum Gasteiger partial charge on any atom is -0.347 e. The molecule has 0 aliphatic heterocycles. The first-order valence-electron chi connectivity index (χ1n) is 4.79. The number of nitrogens with one attached hydrogen (secondary N) is 1. The van der Waals surface area contributed by atoms with Gasteiger partial charge in [0.05, 0.1) is 5.02 Å². The number of pyridine rings is 1. The van der Waals surface area contributed by atoms with Crippen molar-refractivity contribution in [2.24, 2.45) is 5.73 Å². The Hall–Kier alpha value is -1.13. The number of aromatic nitrogens is 1. The maximum Gasteiger partial charge on any atom is 0.270 e. The second-order valence-corrected chi connectivity index (χ2v) is 3.61. The fourth-order valence-electron chi connectivity index (χ4n) is 1.10. The van der Waals surface area contributed by atoms with Crippen LogP contribution in [-0.4, -0.2) is 23.5 Å². The highest BCUT2D eigenvalue weighted by molar-refractivity contribution is 6.30. The van der Waals surface area contributed by atoms with Crippen molar-refractivity contribution in [3.63, 3.8) is 0 Å². The largest absolute Gasteiger partial charge is 0.347 e. The minimum absolute atomic E-state index is 0.00465. The highest BCUT2D eigenvalue weighted by Gasteiger charge is 2.11. The quantitative estimate of drug-likeness (QED) is 0.812. The summed E-state index contributed by atoms with van der Waals surface area (Å²) in [5.41, 5.74) is 5.83. The molecule has 0 aliphatic rings. The summed E-state index contributed by atoms with van der Waals surface area (Å²) >= 11 is 5.66. The van der Waals surface area contributed by atoms with Crippen molar-refractivity contribution < 1.29 is 4.79 Å². The maximum absolute atomic E-state index is 11.6. The van der Waals surface area contributed by atoms with Gasteiger partial charge in [0, 0.05) is 18.8 Å². The van der Waals surface area contributed by atoms with E-state index in [9.17, 15) is 4.79 Å². The van der Waals surface area contributed by atoms with Crippen LogP contribution in [0.2, 0.25) is 5.02 Å². The van der Waals surface area contributed by atoms with Crippen molar-refractivity contribution in [2.75, 3.05) is 6.54 Å². The lowest BCUT2D eigenvalue weighted by Gasteiger charge is -2.13. The van der Waals surface area contributed by atoms with Crippen LogP contribution in [0.5, 0.6) is 0 Å². The third-order valence-corrected chi connectivity index (χ3v) is 2.30. The zero-order valence-electron chi connectivity index (χ0n) is 8.53. The Labute approximate surface area is 93.8 Å². The molecule has 0 saturated carbocycles. The Morgan fingerprint density at radius 3 is 2.87 bits per heavy atom. The zero-order valence-corrected chi connectivity index (χ0v) is 9.29. The molecule has 1 heterocycles. The van der Waals surface area contributed by atoms with E-state index in [0.717, 1.165) is 6.42 Å². The topological polar surface area (TPSA) is 68.0 Å². The average Bonchev–Trinajstić information content (AvgIpc) is 2.26. The summed E-state index contributed by atoms with van der Waals surface area (Å²) in [7, 11) is 0. The Morgan fingerprint density at radius 2 is 2.40 bits per heavy atom. The number of carbonyl (C=O) groups is 1. The first-order chi connectivity index (χ1) is 7.17. The summed E-state index contributed by atoms with van der Waals surface area (Å²) in [5.74, 6) is -0.219. The second kappa shape index (κ2) is 5.68. The van der Waals surface area contributed by atoms with Crippen LogP contribution >= 0.6 is 11.6 Å². The molecule has 15 heavy (non-hydrogen) atoms. The number of hydrogen-bond acceptors (Lipinski definition) is 3. The van der Waals surface area contributed by atoms with Crippen molar-refractivity contribution in [1.29, 1.82) is 0 Å². The summed E-state index contributed by atoms with van der Waals surface area (Å²) in [6.07, 6.45) is 2.25. The SMILES string of the molecule is CCC(CN)NC(=O)c1ccc(Cl)cn1. The van der Waals surface area contributed by atoms with Crippen LogP contribution in [0.3, 0.4) is 0 Å². The van der Waals surface area contributed by atoms with Gasteiger partial charge in [-0.25, -0.2) is 4.98 Å². The van der Waals surface area contributed by atoms with E-state index in [1.54, 1.807) is 12.1 Å². The van der Waals surface area contributed by atoms with Gasteiger partial charge in [-0.05, 0) is 18.6 Å². The predicted octanol–water partition coefficient (Wildman–Crippen LogP) is 1.20. The molecule has 1 rings (SSSR count). The van der Waals surface area contributed by atoms with Gasteiger partial charge < -0.3 is 11.1 Å². The fourth-order valence-corrected chi connectivity index (χ4v) is 1.21. The molecule has 1 atom stereocenters. The highest BCUT2D eigenvalue weighted by atomic mass is 35.5. The van der Waals surface area contributed by atoms with Crippen LogP contribution in [0.1, 0.15) is 23.8 Å². The molecule has 0 saturated heterocycles. The lowest BCUT2D eigenvalue weighted by atomic mass is 10.2. The van der Waals surface area contributed by atoms with Crippen molar-refractivity contribution in [2.45, 2.75) is 19.4 Å². The van der Waals surface area contributed by atoms with E-state index in [2.05, 4.69) is 10.3 Å². The average molecular weight is 228 g/mol. The molecule has 1 aromatic rings. The zero-order chi connectivity index (χ0) is 11.3. The Morgan fingerprint density at radius 1 is 1.67 bits per heavy atom. The highest BCUT2D eigenvalue weighted by Crippen LogP contribution is 2.06. The normalized spacial score (nSPS) is 12.2. The molecule has 3 N–H and O–H groups in total. The van der Waals surface area contributed by atoms with E-state index < -0.39 is 0 Å². The van der Waals surface area contributed by atoms with Gasteiger partial charge in [-0.3, -0.25) is 4.79 Å². The van der Waals surface area contributed by atoms with E-state index in [1.807, 2.05) is 6.92 Å². The number of amides is 1. The van der Waals surface area contributed by atoms with Gasteiger partial charge in [0.1, 0.15) is 5.69 Å². The molecule has 0 radical (unpaired) electrons. The molecular weight excluding hydrogens is 214 g/mol. The van der Waals surface area contributed by atoms with E-state index in [1.165, 1.54) is 6.20 Å². The summed E-state index contributed by atoms with van der Waals surface area (Å²) in [5, 5.41) is 3.29. The smallest absolute Gasteiger partial charge is 0.270 e. The van der Waals surface area contributed by atoms with E-state index in [-0.39, 0.29) is 11.9 Å². The predicted molar refractivity (Wildman–Crippen MR) is 59.8 cm³/mol. The number of carbonyl (C=O) groups excluding carboxylic acids is 1. The number of rotatable bonds is 4. The number of halogens is 1. The molecule has 0 fully saturated rings. The van der Waals surface area contributed by atoms with E-state index >= 15 is 0 Å². The molecule has 1 aromatic heterocycles. The van der Waals surface area contributed by atoms with Gasteiger partial charge in [-0.1, -0.05) is 18.5 Å². The summed E-state index contributed by atoms with van der Waals surface area (Å²) in [4.78, 5) is 15.5. The Balaban J connectivity index is 2.64. The Kier molecular flexibility index (Phi) is 4.52. The molecule has 1 amide bonds. The van der Waals surface area contributed by atoms with Gasteiger partial charge in [0.2, 0.25) is 0 Å². The molecular formula is C10H14ClN3O. The van der Waals surface area contributed by atoms with Crippen molar-refractivity contribution >= 4 is 17.5 Å². The van der Waals surface area contributed by atoms with Crippen LogP contribution in [0, 0.1) is 0 Å². The van der Waals surface area contributed by atoms with Gasteiger partial charge in [0.25, 0.3) is 5.91 Å². The summed E-state index contributed by atoms with van der Waals surface area (Å²) < 4.78 is 0. The van der Waals surface area contributed by atoms with Gasteiger partial charge >= 0.3 is 0 Å². The molecule has 0 spiro atoms. The fraction of sp³-hybridized carbons (Fsp3) is 0.400. The first kappa shape index (κ1) is 11.9. The molecule has 0 aliphatic carbocycles. The van der Waals surface area contributed by atoms with Crippen molar-refractivity contribution in [1.82, 2.24) is 10.3 Å². The number of hydrogen-bond donors (Lipinski definition) is 2. The van der Waals surface area contributed by atoms with Gasteiger partial charge in [-0.15, -0.1) is 0 Å². The van der Waals surface area contributed by atoms with Gasteiger partial charge in [-0.2, -0.15) is 0 Å². The van der Waals surface area contributed by atoms with E-state index in [4.69, 9.17) is 17.3 Å². The standard InChI is InChI=1S/C10H14ClN3O/c1-2-8(5-12)14-10(15)9-4-3-7(11)6-13-9/h3-4,6,8H,2,5,12H2,1H3,(H,14,15). The van der Waals surface area contributed by atoms with Gasteiger partial charge in [0.15, 0.2) is 0 Å².